The van der Waals surface area contributed by atoms with Crippen LogP contribution in [0.2, 0.25) is 0 Å². The maximum absolute atomic E-state index is 12.5. The van der Waals surface area contributed by atoms with Gasteiger partial charge in [-0.3, -0.25) is 4.79 Å². The van der Waals surface area contributed by atoms with Gasteiger partial charge in [0.2, 0.25) is 0 Å². The highest BCUT2D eigenvalue weighted by molar-refractivity contribution is 5.73. The third-order valence-electron chi connectivity index (χ3n) is 3.22. The van der Waals surface area contributed by atoms with Crippen LogP contribution in [0.4, 0.5) is 17.6 Å². The lowest BCUT2D eigenvalue weighted by Crippen LogP contribution is -2.15. The molecule has 0 amide bonds. The SMILES string of the molecule is Cc1c(/C=C/c2ccc(OC(F)F)cc2OC(F)F)n[nH]c(=O)c1C#N. The number of nitrogens with one attached hydrogen (secondary N) is 1. The van der Waals surface area contributed by atoms with Gasteiger partial charge in [-0.05, 0) is 36.8 Å². The maximum atomic E-state index is 12.5. The van der Waals surface area contributed by atoms with Gasteiger partial charge >= 0.3 is 13.2 Å². The Balaban J connectivity index is 2.41. The number of benzene rings is 1. The summed E-state index contributed by atoms with van der Waals surface area (Å²) in [5.74, 6) is -0.741. The average molecular weight is 369 g/mol. The van der Waals surface area contributed by atoms with E-state index in [9.17, 15) is 22.4 Å². The molecule has 6 nitrogen and oxygen atoms in total. The van der Waals surface area contributed by atoms with Crippen LogP contribution in [0.1, 0.15) is 22.4 Å². The van der Waals surface area contributed by atoms with E-state index in [2.05, 4.69) is 19.7 Å². The Labute approximate surface area is 144 Å². The van der Waals surface area contributed by atoms with E-state index in [1.165, 1.54) is 25.1 Å². The molecular formula is C16H11F4N3O3. The van der Waals surface area contributed by atoms with Gasteiger partial charge in [0, 0.05) is 11.6 Å². The molecule has 0 unspecified atom stereocenters. The Kier molecular flexibility index (Phi) is 5.95. The summed E-state index contributed by atoms with van der Waals surface area (Å²) < 4.78 is 58.0. The molecule has 0 fully saturated rings. The molecular weight excluding hydrogens is 358 g/mol. The van der Waals surface area contributed by atoms with Crippen LogP contribution in [0.25, 0.3) is 12.2 Å². The second-order valence-corrected chi connectivity index (χ2v) is 4.84. The summed E-state index contributed by atoms with van der Waals surface area (Å²) in [5.41, 5.74) is -0.155. The predicted molar refractivity (Wildman–Crippen MR) is 82.9 cm³/mol. The lowest BCUT2D eigenvalue weighted by Gasteiger charge is -2.11. The van der Waals surface area contributed by atoms with Gasteiger partial charge in [-0.2, -0.15) is 27.9 Å². The lowest BCUT2D eigenvalue weighted by atomic mass is 10.1. The molecule has 1 heterocycles. The van der Waals surface area contributed by atoms with Crippen LogP contribution in [-0.2, 0) is 0 Å². The molecule has 0 bridgehead atoms. The molecule has 136 valence electrons. The van der Waals surface area contributed by atoms with Crippen LogP contribution >= 0.6 is 0 Å². The molecule has 0 atom stereocenters. The van der Waals surface area contributed by atoms with Gasteiger partial charge in [0.1, 0.15) is 23.1 Å². The number of rotatable bonds is 6. The quantitative estimate of drug-likeness (QED) is 0.789. The molecule has 0 aliphatic carbocycles. The van der Waals surface area contributed by atoms with Crippen molar-refractivity contribution in [2.45, 2.75) is 20.1 Å². The molecule has 0 aliphatic heterocycles. The molecule has 10 heteroatoms. The van der Waals surface area contributed by atoms with Crippen LogP contribution in [-0.4, -0.2) is 23.4 Å². The van der Waals surface area contributed by atoms with Crippen LogP contribution < -0.4 is 15.0 Å². The van der Waals surface area contributed by atoms with E-state index in [1.54, 1.807) is 6.07 Å². The van der Waals surface area contributed by atoms with Crippen molar-refractivity contribution in [1.82, 2.24) is 10.2 Å². The van der Waals surface area contributed by atoms with Gasteiger partial charge in [-0.15, -0.1) is 0 Å². The van der Waals surface area contributed by atoms with Crippen molar-refractivity contribution in [2.75, 3.05) is 0 Å². The van der Waals surface area contributed by atoms with Gasteiger partial charge in [0.05, 0.1) is 5.69 Å². The van der Waals surface area contributed by atoms with Crippen molar-refractivity contribution < 1.29 is 27.0 Å². The van der Waals surface area contributed by atoms with Crippen molar-refractivity contribution in [1.29, 1.82) is 5.26 Å². The molecule has 0 aliphatic rings. The standard InChI is InChI=1S/C16H11F4N3O3/c1-8-11(7-21)14(24)23-22-12(8)5-3-9-2-4-10(25-15(17)18)6-13(9)26-16(19)20/h2-6,15-16H,1H3,(H,23,24)/b5-3+. The van der Waals surface area contributed by atoms with Crippen molar-refractivity contribution in [3.05, 3.63) is 50.9 Å². The Morgan fingerprint density at radius 1 is 1.19 bits per heavy atom. The number of hydrogen-bond acceptors (Lipinski definition) is 5. The van der Waals surface area contributed by atoms with E-state index in [0.29, 0.717) is 5.56 Å². The zero-order chi connectivity index (χ0) is 19.3. The number of halogens is 4. The highest BCUT2D eigenvalue weighted by atomic mass is 19.3. The highest BCUT2D eigenvalue weighted by Crippen LogP contribution is 2.29. The topological polar surface area (TPSA) is 88.0 Å². The molecule has 1 aromatic heterocycles. The molecule has 2 rings (SSSR count). The molecule has 0 spiro atoms. The normalized spacial score (nSPS) is 11.2. The smallest absolute Gasteiger partial charge is 0.387 e. The molecule has 1 aromatic carbocycles. The van der Waals surface area contributed by atoms with Crippen molar-refractivity contribution in [2.24, 2.45) is 0 Å². The maximum Gasteiger partial charge on any atom is 0.387 e. The zero-order valence-electron chi connectivity index (χ0n) is 13.2. The fourth-order valence-corrected chi connectivity index (χ4v) is 2.04. The first kappa shape index (κ1) is 19.0. The Hall–Kier alpha value is -3.35. The van der Waals surface area contributed by atoms with E-state index in [-0.39, 0.29) is 22.6 Å². The number of H-pyrrole nitrogens is 1. The summed E-state index contributed by atoms with van der Waals surface area (Å²) in [6.45, 7) is -4.80. The fourth-order valence-electron chi connectivity index (χ4n) is 2.04. The Morgan fingerprint density at radius 2 is 1.88 bits per heavy atom. The van der Waals surface area contributed by atoms with Gasteiger partial charge in [0.15, 0.2) is 0 Å². The Morgan fingerprint density at radius 3 is 2.50 bits per heavy atom. The van der Waals surface area contributed by atoms with Gasteiger partial charge < -0.3 is 9.47 Å². The summed E-state index contributed by atoms with van der Waals surface area (Å²) in [7, 11) is 0. The van der Waals surface area contributed by atoms with E-state index in [0.717, 1.165) is 12.1 Å². The number of ether oxygens (including phenoxy) is 2. The summed E-state index contributed by atoms with van der Waals surface area (Å²) >= 11 is 0. The number of aromatic amines is 1. The molecule has 26 heavy (non-hydrogen) atoms. The van der Waals surface area contributed by atoms with Crippen LogP contribution in [0.5, 0.6) is 11.5 Å². The lowest BCUT2D eigenvalue weighted by molar-refractivity contribution is -0.0543. The van der Waals surface area contributed by atoms with E-state index in [1.807, 2.05) is 0 Å². The van der Waals surface area contributed by atoms with E-state index in [4.69, 9.17) is 5.26 Å². The van der Waals surface area contributed by atoms with Crippen LogP contribution in [0, 0.1) is 18.3 Å². The number of nitriles is 1. The minimum atomic E-state index is -3.18. The molecule has 2 aromatic rings. The van der Waals surface area contributed by atoms with E-state index >= 15 is 0 Å². The largest absolute Gasteiger partial charge is 0.435 e. The van der Waals surface area contributed by atoms with Gasteiger partial charge in [-0.1, -0.05) is 0 Å². The molecule has 1 N–H and O–H groups in total. The Bertz CT molecular complexity index is 920. The van der Waals surface area contributed by atoms with Crippen LogP contribution in [0.3, 0.4) is 0 Å². The minimum Gasteiger partial charge on any atom is -0.435 e. The predicted octanol–water partition coefficient (Wildman–Crippen LogP) is 3.32. The number of hydrogen-bond donors (Lipinski definition) is 1. The van der Waals surface area contributed by atoms with Crippen molar-refractivity contribution in [3.63, 3.8) is 0 Å². The second kappa shape index (κ2) is 8.15. The zero-order valence-corrected chi connectivity index (χ0v) is 13.2. The third-order valence-corrected chi connectivity index (χ3v) is 3.22. The highest BCUT2D eigenvalue weighted by Gasteiger charge is 2.13. The first-order chi connectivity index (χ1) is 12.3. The van der Waals surface area contributed by atoms with Crippen LogP contribution in [0.15, 0.2) is 23.0 Å². The second-order valence-electron chi connectivity index (χ2n) is 4.84. The first-order valence-electron chi connectivity index (χ1n) is 7.03. The van der Waals surface area contributed by atoms with Gasteiger partial charge in [-0.25, -0.2) is 5.10 Å². The van der Waals surface area contributed by atoms with E-state index < -0.39 is 24.5 Å². The van der Waals surface area contributed by atoms with Crippen molar-refractivity contribution in [3.8, 4) is 17.6 Å². The van der Waals surface area contributed by atoms with Gasteiger partial charge in [0.25, 0.3) is 5.56 Å². The monoisotopic (exact) mass is 369 g/mol. The molecule has 0 saturated heterocycles. The summed E-state index contributed by atoms with van der Waals surface area (Å²) in [6.07, 6.45) is 2.67. The number of aromatic nitrogens is 2. The first-order valence-corrected chi connectivity index (χ1v) is 7.03. The molecule has 0 radical (unpaired) electrons. The average Bonchev–Trinajstić information content (AvgIpc) is 2.55. The van der Waals surface area contributed by atoms with Crippen molar-refractivity contribution >= 4 is 12.2 Å². The minimum absolute atomic E-state index is 0.123. The summed E-state index contributed by atoms with van der Waals surface area (Å²) in [4.78, 5) is 11.5. The number of nitrogens with zero attached hydrogens (tertiary/aromatic N) is 2. The third kappa shape index (κ3) is 4.60. The fraction of sp³-hybridized carbons (Fsp3) is 0.188. The summed E-state index contributed by atoms with van der Waals surface area (Å²) in [6, 6.07) is 5.02. The number of alkyl halides is 4. The molecule has 0 saturated carbocycles. The summed E-state index contributed by atoms with van der Waals surface area (Å²) in [5, 5.41) is 14.9.